The SMILES string of the molecule is CCc1ccc(N([C@H](C)C(=O)NCCOc2cccc3ccccc23)S(C)(=O)=O)cc1. The van der Waals surface area contributed by atoms with E-state index in [0.717, 1.165) is 39.1 Å². The summed E-state index contributed by atoms with van der Waals surface area (Å²) >= 11 is 0. The highest BCUT2D eigenvalue weighted by atomic mass is 32.2. The summed E-state index contributed by atoms with van der Waals surface area (Å²) in [5, 5.41) is 4.86. The molecule has 3 rings (SSSR count). The first-order valence-electron chi connectivity index (χ1n) is 10.3. The van der Waals surface area contributed by atoms with E-state index in [4.69, 9.17) is 4.74 Å². The normalized spacial score (nSPS) is 12.4. The van der Waals surface area contributed by atoms with E-state index in [2.05, 4.69) is 5.32 Å². The zero-order valence-electron chi connectivity index (χ0n) is 18.0. The van der Waals surface area contributed by atoms with Crippen LogP contribution < -0.4 is 14.4 Å². The molecule has 1 atom stereocenters. The van der Waals surface area contributed by atoms with Crippen LogP contribution in [0.4, 0.5) is 5.69 Å². The number of ether oxygens (including phenoxy) is 1. The molecule has 0 aliphatic heterocycles. The van der Waals surface area contributed by atoms with Crippen LogP contribution in [0.2, 0.25) is 0 Å². The van der Waals surface area contributed by atoms with Crippen LogP contribution in [-0.4, -0.2) is 39.8 Å². The Balaban J connectivity index is 1.62. The average molecular weight is 441 g/mol. The van der Waals surface area contributed by atoms with Gasteiger partial charge in [-0.15, -0.1) is 0 Å². The van der Waals surface area contributed by atoms with Crippen LogP contribution in [0.5, 0.6) is 5.75 Å². The van der Waals surface area contributed by atoms with Crippen molar-refractivity contribution < 1.29 is 17.9 Å². The fraction of sp³-hybridized carbons (Fsp3) is 0.292. The maximum absolute atomic E-state index is 12.7. The van der Waals surface area contributed by atoms with Crippen molar-refractivity contribution in [1.29, 1.82) is 0 Å². The number of carbonyl (C=O) groups is 1. The molecule has 0 aliphatic carbocycles. The van der Waals surface area contributed by atoms with Crippen LogP contribution in [0.15, 0.2) is 66.7 Å². The lowest BCUT2D eigenvalue weighted by atomic mass is 10.1. The Morgan fingerprint density at radius 2 is 1.71 bits per heavy atom. The number of rotatable bonds is 9. The lowest BCUT2D eigenvalue weighted by Crippen LogP contribution is -2.48. The van der Waals surface area contributed by atoms with Crippen LogP contribution in [0.25, 0.3) is 10.8 Å². The molecule has 0 heterocycles. The summed E-state index contributed by atoms with van der Waals surface area (Å²) in [5.74, 6) is 0.362. The van der Waals surface area contributed by atoms with Crippen LogP contribution in [0.1, 0.15) is 19.4 Å². The second kappa shape index (κ2) is 9.83. The molecule has 3 aromatic rings. The van der Waals surface area contributed by atoms with Crippen molar-refractivity contribution in [3.05, 3.63) is 72.3 Å². The van der Waals surface area contributed by atoms with Gasteiger partial charge in [0.1, 0.15) is 18.4 Å². The monoisotopic (exact) mass is 440 g/mol. The molecule has 164 valence electrons. The maximum Gasteiger partial charge on any atom is 0.243 e. The highest BCUT2D eigenvalue weighted by molar-refractivity contribution is 7.92. The van der Waals surface area contributed by atoms with Gasteiger partial charge in [0.2, 0.25) is 15.9 Å². The molecule has 3 aromatic carbocycles. The van der Waals surface area contributed by atoms with E-state index >= 15 is 0 Å². The van der Waals surface area contributed by atoms with Gasteiger partial charge in [-0.3, -0.25) is 9.10 Å². The minimum atomic E-state index is -3.64. The van der Waals surface area contributed by atoms with Crippen molar-refractivity contribution >= 4 is 32.4 Å². The van der Waals surface area contributed by atoms with Crippen molar-refractivity contribution in [1.82, 2.24) is 5.32 Å². The first-order chi connectivity index (χ1) is 14.8. The topological polar surface area (TPSA) is 75.7 Å². The third kappa shape index (κ3) is 5.55. The number of sulfonamides is 1. The third-order valence-electron chi connectivity index (χ3n) is 5.10. The van der Waals surface area contributed by atoms with Gasteiger partial charge in [-0.05, 0) is 42.5 Å². The van der Waals surface area contributed by atoms with Crippen LogP contribution >= 0.6 is 0 Å². The summed E-state index contributed by atoms with van der Waals surface area (Å²) in [5.41, 5.74) is 1.56. The molecule has 31 heavy (non-hydrogen) atoms. The molecular weight excluding hydrogens is 412 g/mol. The van der Waals surface area contributed by atoms with Gasteiger partial charge >= 0.3 is 0 Å². The van der Waals surface area contributed by atoms with Crippen molar-refractivity contribution in [2.75, 3.05) is 23.7 Å². The molecule has 1 amide bonds. The van der Waals surface area contributed by atoms with Crippen molar-refractivity contribution in [2.45, 2.75) is 26.3 Å². The lowest BCUT2D eigenvalue weighted by Gasteiger charge is -2.28. The molecule has 0 fully saturated rings. The number of anilines is 1. The summed E-state index contributed by atoms with van der Waals surface area (Å²) in [6.45, 7) is 4.14. The molecule has 0 spiro atoms. The van der Waals surface area contributed by atoms with Gasteiger partial charge in [0.15, 0.2) is 0 Å². The van der Waals surface area contributed by atoms with Crippen molar-refractivity contribution in [2.24, 2.45) is 0 Å². The quantitative estimate of drug-likeness (QED) is 0.514. The number of hydrogen-bond acceptors (Lipinski definition) is 4. The van der Waals surface area contributed by atoms with E-state index in [1.807, 2.05) is 61.5 Å². The number of fused-ring (bicyclic) bond motifs is 1. The number of hydrogen-bond donors (Lipinski definition) is 1. The second-order valence-electron chi connectivity index (χ2n) is 7.37. The molecule has 0 aliphatic rings. The van der Waals surface area contributed by atoms with E-state index < -0.39 is 16.1 Å². The van der Waals surface area contributed by atoms with Gasteiger partial charge in [0.25, 0.3) is 0 Å². The Bertz CT molecular complexity index is 1140. The van der Waals surface area contributed by atoms with Crippen LogP contribution in [-0.2, 0) is 21.2 Å². The first kappa shape index (κ1) is 22.6. The minimum absolute atomic E-state index is 0.263. The van der Waals surface area contributed by atoms with Gasteiger partial charge in [0.05, 0.1) is 18.5 Å². The highest BCUT2D eigenvalue weighted by Crippen LogP contribution is 2.25. The summed E-state index contributed by atoms with van der Waals surface area (Å²) < 4.78 is 31.8. The third-order valence-corrected chi connectivity index (χ3v) is 6.34. The number of nitrogens with zero attached hydrogens (tertiary/aromatic N) is 1. The number of aryl methyl sites for hydroxylation is 1. The summed E-state index contributed by atoms with van der Waals surface area (Å²) in [6, 6.07) is 20.1. The number of amides is 1. The van der Waals surface area contributed by atoms with Gasteiger partial charge in [-0.25, -0.2) is 8.42 Å². The predicted octanol–water partition coefficient (Wildman–Crippen LogP) is 3.75. The fourth-order valence-electron chi connectivity index (χ4n) is 3.49. The average Bonchev–Trinajstić information content (AvgIpc) is 2.76. The molecule has 6 nitrogen and oxygen atoms in total. The van der Waals surface area contributed by atoms with Gasteiger partial charge in [-0.2, -0.15) is 0 Å². The zero-order chi connectivity index (χ0) is 22.4. The Morgan fingerprint density at radius 1 is 1.03 bits per heavy atom. The lowest BCUT2D eigenvalue weighted by molar-refractivity contribution is -0.121. The molecule has 1 N–H and O–H groups in total. The molecule has 0 radical (unpaired) electrons. The van der Waals surface area contributed by atoms with E-state index in [9.17, 15) is 13.2 Å². The van der Waals surface area contributed by atoms with E-state index in [1.54, 1.807) is 19.1 Å². The maximum atomic E-state index is 12.7. The first-order valence-corrected chi connectivity index (χ1v) is 12.1. The summed E-state index contributed by atoms with van der Waals surface area (Å²) in [4.78, 5) is 12.7. The Kier molecular flexibility index (Phi) is 7.17. The van der Waals surface area contributed by atoms with E-state index in [1.165, 1.54) is 0 Å². The van der Waals surface area contributed by atoms with Crippen LogP contribution in [0, 0.1) is 0 Å². The molecule has 0 unspecified atom stereocenters. The predicted molar refractivity (Wildman–Crippen MR) is 125 cm³/mol. The van der Waals surface area contributed by atoms with Gasteiger partial charge in [0, 0.05) is 5.39 Å². The highest BCUT2D eigenvalue weighted by Gasteiger charge is 2.28. The van der Waals surface area contributed by atoms with Crippen molar-refractivity contribution in [3.63, 3.8) is 0 Å². The second-order valence-corrected chi connectivity index (χ2v) is 9.23. The molecule has 0 saturated heterocycles. The molecular formula is C24H28N2O4S. The van der Waals surface area contributed by atoms with E-state index in [0.29, 0.717) is 5.69 Å². The van der Waals surface area contributed by atoms with Crippen molar-refractivity contribution in [3.8, 4) is 5.75 Å². The van der Waals surface area contributed by atoms with Gasteiger partial charge in [-0.1, -0.05) is 55.5 Å². The largest absolute Gasteiger partial charge is 0.491 e. The number of carbonyl (C=O) groups excluding carboxylic acids is 1. The standard InChI is InChI=1S/C24H28N2O4S/c1-4-19-12-14-21(15-13-19)26(31(3,28)29)18(2)24(27)25-16-17-30-23-11-7-9-20-8-5-6-10-22(20)23/h5-15,18H,4,16-17H2,1-3H3,(H,25,27)/t18-/m1/s1. The zero-order valence-corrected chi connectivity index (χ0v) is 18.9. The van der Waals surface area contributed by atoms with E-state index in [-0.39, 0.29) is 19.1 Å². The number of nitrogens with one attached hydrogen (secondary N) is 1. The van der Waals surface area contributed by atoms with Gasteiger partial charge < -0.3 is 10.1 Å². The number of benzene rings is 3. The minimum Gasteiger partial charge on any atom is -0.491 e. The Labute approximate surface area is 183 Å². The molecule has 0 saturated carbocycles. The Morgan fingerprint density at radius 3 is 2.39 bits per heavy atom. The Hall–Kier alpha value is -3.06. The smallest absolute Gasteiger partial charge is 0.243 e. The summed E-state index contributed by atoms with van der Waals surface area (Å²) in [6.07, 6.45) is 1.96. The van der Waals surface area contributed by atoms with Crippen LogP contribution in [0.3, 0.4) is 0 Å². The molecule has 7 heteroatoms. The fourth-order valence-corrected chi connectivity index (χ4v) is 4.67. The summed E-state index contributed by atoms with van der Waals surface area (Å²) in [7, 11) is -3.64. The molecule has 0 aromatic heterocycles. The molecule has 0 bridgehead atoms.